The Morgan fingerprint density at radius 3 is 2.41 bits per heavy atom. The maximum Gasteiger partial charge on any atom is 0.221 e. The van der Waals surface area contributed by atoms with Crippen LogP contribution in [0.3, 0.4) is 0 Å². The van der Waals surface area contributed by atoms with E-state index >= 15 is 0 Å². The SMILES string of the molecule is C=C(C)Cc1cc(NC(C)=O)c(C)c(C)c1O. The number of hydrogen-bond donors (Lipinski definition) is 2. The standard InChI is InChI=1S/C14H19NO2/c1-8(2)6-12-7-13(15-11(5)16)9(3)10(4)14(12)17/h7,17H,1,6H2,2-5H3,(H,15,16). The highest BCUT2D eigenvalue weighted by Gasteiger charge is 2.12. The molecular weight excluding hydrogens is 214 g/mol. The van der Waals surface area contributed by atoms with Crippen molar-refractivity contribution in [1.82, 2.24) is 0 Å². The van der Waals surface area contributed by atoms with Crippen LogP contribution in [0.15, 0.2) is 18.2 Å². The number of anilines is 1. The Balaban J connectivity index is 3.28. The molecule has 2 N–H and O–H groups in total. The highest BCUT2D eigenvalue weighted by molar-refractivity contribution is 5.90. The number of rotatable bonds is 3. The number of carbonyl (C=O) groups is 1. The van der Waals surface area contributed by atoms with Gasteiger partial charge < -0.3 is 10.4 Å². The number of aromatic hydroxyl groups is 1. The molecular formula is C14H19NO2. The van der Waals surface area contributed by atoms with Crippen LogP contribution in [-0.2, 0) is 11.2 Å². The fraction of sp³-hybridized carbons (Fsp3) is 0.357. The van der Waals surface area contributed by atoms with Crippen LogP contribution in [0.5, 0.6) is 5.75 Å². The maximum absolute atomic E-state index is 11.1. The summed E-state index contributed by atoms with van der Waals surface area (Å²) in [5, 5.41) is 12.8. The van der Waals surface area contributed by atoms with Gasteiger partial charge in [-0.15, -0.1) is 0 Å². The molecule has 1 rings (SSSR count). The molecule has 0 bridgehead atoms. The third kappa shape index (κ3) is 3.09. The predicted molar refractivity (Wildman–Crippen MR) is 70.4 cm³/mol. The molecule has 0 spiro atoms. The summed E-state index contributed by atoms with van der Waals surface area (Å²) in [6.45, 7) is 10.9. The molecule has 0 unspecified atom stereocenters. The lowest BCUT2D eigenvalue weighted by Crippen LogP contribution is -2.08. The Kier molecular flexibility index (Phi) is 3.94. The second-order valence-electron chi connectivity index (χ2n) is 4.50. The van der Waals surface area contributed by atoms with E-state index in [1.54, 1.807) is 0 Å². The molecule has 17 heavy (non-hydrogen) atoms. The molecule has 0 heterocycles. The molecule has 0 saturated carbocycles. The highest BCUT2D eigenvalue weighted by Crippen LogP contribution is 2.32. The molecule has 0 atom stereocenters. The number of amides is 1. The van der Waals surface area contributed by atoms with Crippen molar-refractivity contribution in [1.29, 1.82) is 0 Å². The molecule has 0 aromatic heterocycles. The van der Waals surface area contributed by atoms with Crippen molar-refractivity contribution in [3.05, 3.63) is 34.9 Å². The molecule has 1 aromatic carbocycles. The zero-order valence-electron chi connectivity index (χ0n) is 10.8. The largest absolute Gasteiger partial charge is 0.507 e. The van der Waals surface area contributed by atoms with Crippen molar-refractivity contribution in [2.45, 2.75) is 34.1 Å². The fourth-order valence-electron chi connectivity index (χ4n) is 1.75. The molecule has 3 nitrogen and oxygen atoms in total. The van der Waals surface area contributed by atoms with Crippen molar-refractivity contribution < 1.29 is 9.90 Å². The van der Waals surface area contributed by atoms with Gasteiger partial charge in [-0.1, -0.05) is 12.2 Å². The molecule has 0 fully saturated rings. The minimum absolute atomic E-state index is 0.112. The smallest absolute Gasteiger partial charge is 0.221 e. The number of phenolic OH excluding ortho intramolecular Hbond substituents is 1. The average molecular weight is 233 g/mol. The van der Waals surface area contributed by atoms with Crippen molar-refractivity contribution in [3.63, 3.8) is 0 Å². The van der Waals surface area contributed by atoms with E-state index in [-0.39, 0.29) is 5.91 Å². The lowest BCUT2D eigenvalue weighted by molar-refractivity contribution is -0.114. The second-order valence-corrected chi connectivity index (χ2v) is 4.50. The third-order valence-corrected chi connectivity index (χ3v) is 2.75. The average Bonchev–Trinajstić information content (AvgIpc) is 2.20. The number of phenols is 1. The number of carbonyl (C=O) groups excluding carboxylic acids is 1. The molecule has 0 saturated heterocycles. The van der Waals surface area contributed by atoms with Crippen molar-refractivity contribution >= 4 is 11.6 Å². The highest BCUT2D eigenvalue weighted by atomic mass is 16.3. The van der Waals surface area contributed by atoms with E-state index in [1.807, 2.05) is 26.8 Å². The topological polar surface area (TPSA) is 49.3 Å². The van der Waals surface area contributed by atoms with Gasteiger partial charge in [-0.2, -0.15) is 0 Å². The van der Waals surface area contributed by atoms with E-state index in [0.29, 0.717) is 12.2 Å². The summed E-state index contributed by atoms with van der Waals surface area (Å²) in [4.78, 5) is 11.1. The summed E-state index contributed by atoms with van der Waals surface area (Å²) < 4.78 is 0. The summed E-state index contributed by atoms with van der Waals surface area (Å²) in [5.74, 6) is 0.180. The van der Waals surface area contributed by atoms with E-state index in [4.69, 9.17) is 0 Å². The number of allylic oxidation sites excluding steroid dienone is 1. The third-order valence-electron chi connectivity index (χ3n) is 2.75. The minimum atomic E-state index is -0.112. The summed E-state index contributed by atoms with van der Waals surface area (Å²) in [5.41, 5.74) is 4.21. The molecule has 0 aliphatic carbocycles. The van der Waals surface area contributed by atoms with Gasteiger partial charge in [0, 0.05) is 18.2 Å². The zero-order chi connectivity index (χ0) is 13.2. The molecule has 0 aliphatic heterocycles. The molecule has 0 aliphatic rings. The summed E-state index contributed by atoms with van der Waals surface area (Å²) in [7, 11) is 0. The van der Waals surface area contributed by atoms with Crippen LogP contribution in [0.4, 0.5) is 5.69 Å². The van der Waals surface area contributed by atoms with E-state index in [0.717, 1.165) is 28.0 Å². The van der Waals surface area contributed by atoms with E-state index < -0.39 is 0 Å². The lowest BCUT2D eigenvalue weighted by Gasteiger charge is -2.15. The first-order valence-corrected chi connectivity index (χ1v) is 5.57. The zero-order valence-corrected chi connectivity index (χ0v) is 10.8. The van der Waals surface area contributed by atoms with Crippen molar-refractivity contribution in [2.24, 2.45) is 0 Å². The summed E-state index contributed by atoms with van der Waals surface area (Å²) in [6, 6.07) is 1.81. The Labute approximate surface area is 102 Å². The molecule has 1 amide bonds. The molecule has 1 aromatic rings. The van der Waals surface area contributed by atoms with Gasteiger partial charge in [0.25, 0.3) is 0 Å². The predicted octanol–water partition coefficient (Wildman–Crippen LogP) is 3.09. The number of hydrogen-bond acceptors (Lipinski definition) is 2. The maximum atomic E-state index is 11.1. The Bertz CT molecular complexity index is 435. The van der Waals surface area contributed by atoms with Crippen LogP contribution >= 0.6 is 0 Å². The van der Waals surface area contributed by atoms with Crippen LogP contribution in [0.1, 0.15) is 30.5 Å². The van der Waals surface area contributed by atoms with E-state index in [1.165, 1.54) is 6.92 Å². The van der Waals surface area contributed by atoms with Gasteiger partial charge in [0.05, 0.1) is 0 Å². The van der Waals surface area contributed by atoms with Crippen LogP contribution in [0.25, 0.3) is 0 Å². The van der Waals surface area contributed by atoms with E-state index in [9.17, 15) is 9.90 Å². The monoisotopic (exact) mass is 233 g/mol. The first-order chi connectivity index (χ1) is 7.82. The fourth-order valence-corrected chi connectivity index (χ4v) is 1.75. The van der Waals surface area contributed by atoms with Crippen LogP contribution in [-0.4, -0.2) is 11.0 Å². The Morgan fingerprint density at radius 2 is 1.94 bits per heavy atom. The number of benzene rings is 1. The van der Waals surface area contributed by atoms with Gasteiger partial charge in [-0.05, 0) is 44.4 Å². The Hall–Kier alpha value is -1.77. The molecule has 3 heteroatoms. The van der Waals surface area contributed by atoms with Gasteiger partial charge in [0.1, 0.15) is 5.75 Å². The van der Waals surface area contributed by atoms with Crippen LogP contribution < -0.4 is 5.32 Å². The summed E-state index contributed by atoms with van der Waals surface area (Å²) in [6.07, 6.45) is 0.611. The lowest BCUT2D eigenvalue weighted by atomic mass is 9.98. The normalized spacial score (nSPS) is 10.1. The molecule has 92 valence electrons. The first kappa shape index (κ1) is 13.3. The Morgan fingerprint density at radius 1 is 1.35 bits per heavy atom. The minimum Gasteiger partial charge on any atom is -0.507 e. The van der Waals surface area contributed by atoms with E-state index in [2.05, 4.69) is 11.9 Å². The molecule has 0 radical (unpaired) electrons. The van der Waals surface area contributed by atoms with Crippen molar-refractivity contribution in [3.8, 4) is 5.75 Å². The first-order valence-electron chi connectivity index (χ1n) is 5.57. The summed E-state index contributed by atoms with van der Waals surface area (Å²) >= 11 is 0. The van der Waals surface area contributed by atoms with Gasteiger partial charge in [-0.25, -0.2) is 0 Å². The van der Waals surface area contributed by atoms with Gasteiger partial charge in [0.2, 0.25) is 5.91 Å². The second kappa shape index (κ2) is 5.04. The van der Waals surface area contributed by atoms with Gasteiger partial charge in [0.15, 0.2) is 0 Å². The number of nitrogens with one attached hydrogen (secondary N) is 1. The van der Waals surface area contributed by atoms with Gasteiger partial charge in [-0.3, -0.25) is 4.79 Å². The van der Waals surface area contributed by atoms with Crippen LogP contribution in [0, 0.1) is 13.8 Å². The van der Waals surface area contributed by atoms with Gasteiger partial charge >= 0.3 is 0 Å². The van der Waals surface area contributed by atoms with Crippen LogP contribution in [0.2, 0.25) is 0 Å². The van der Waals surface area contributed by atoms with Crippen molar-refractivity contribution in [2.75, 3.05) is 5.32 Å². The quantitative estimate of drug-likeness (QED) is 0.622.